The van der Waals surface area contributed by atoms with Crippen LogP contribution in [0.4, 0.5) is 0 Å². The predicted molar refractivity (Wildman–Crippen MR) is 154 cm³/mol. The highest BCUT2D eigenvalue weighted by Crippen LogP contribution is 2.67. The SMILES string of the molecule is c1cc(OCC2CO2)c2c(OCC3CO3)cc(C34CC5CC(CC(C5)C3)C4)c(C34CC5CC(CC(C5)C3)C4)c2c1. The Hall–Kier alpha value is -1.78. The summed E-state index contributed by atoms with van der Waals surface area (Å²) in [7, 11) is 0. The molecule has 2 aromatic carbocycles. The normalized spacial score (nSPS) is 45.3. The fourth-order valence-electron chi connectivity index (χ4n) is 12.2. The van der Waals surface area contributed by atoms with Crippen molar-refractivity contribution in [3.05, 3.63) is 35.4 Å². The Morgan fingerprint density at radius 3 is 1.60 bits per heavy atom. The molecule has 8 saturated carbocycles. The van der Waals surface area contributed by atoms with E-state index in [0.717, 1.165) is 60.2 Å². The van der Waals surface area contributed by atoms with Gasteiger partial charge in [-0.15, -0.1) is 0 Å². The third-order valence-corrected chi connectivity index (χ3v) is 12.9. The van der Waals surface area contributed by atoms with Gasteiger partial charge in [0.25, 0.3) is 0 Å². The van der Waals surface area contributed by atoms with Gasteiger partial charge in [0.1, 0.15) is 36.9 Å². The average Bonchev–Trinajstić information content (AvgIpc) is 3.84. The van der Waals surface area contributed by atoms with Gasteiger partial charge in [0.15, 0.2) is 0 Å². The van der Waals surface area contributed by atoms with E-state index in [2.05, 4.69) is 24.3 Å². The third-order valence-electron chi connectivity index (χ3n) is 12.9. The summed E-state index contributed by atoms with van der Waals surface area (Å²) < 4.78 is 24.4. The summed E-state index contributed by atoms with van der Waals surface area (Å²) >= 11 is 0. The van der Waals surface area contributed by atoms with Crippen LogP contribution in [0.2, 0.25) is 0 Å². The third kappa shape index (κ3) is 3.70. The summed E-state index contributed by atoms with van der Waals surface area (Å²) in [6.45, 7) is 2.93. The maximum Gasteiger partial charge on any atom is 0.131 e. The van der Waals surface area contributed by atoms with Gasteiger partial charge >= 0.3 is 0 Å². The monoisotopic (exact) mass is 540 g/mol. The van der Waals surface area contributed by atoms with E-state index in [1.807, 2.05) is 0 Å². The number of rotatable bonds is 8. The largest absolute Gasteiger partial charge is 0.490 e. The van der Waals surface area contributed by atoms with Crippen molar-refractivity contribution in [3.8, 4) is 11.5 Å². The molecule has 0 aromatic heterocycles. The smallest absolute Gasteiger partial charge is 0.131 e. The van der Waals surface area contributed by atoms with Crippen LogP contribution >= 0.6 is 0 Å². The zero-order valence-corrected chi connectivity index (χ0v) is 23.9. The van der Waals surface area contributed by atoms with Crippen LogP contribution in [-0.2, 0) is 20.3 Å². The first-order valence-corrected chi connectivity index (χ1v) is 16.7. The molecule has 2 unspecified atom stereocenters. The van der Waals surface area contributed by atoms with Crippen molar-refractivity contribution in [2.75, 3.05) is 26.4 Å². The van der Waals surface area contributed by atoms with Crippen molar-refractivity contribution in [1.29, 1.82) is 0 Å². The van der Waals surface area contributed by atoms with E-state index in [1.54, 1.807) is 11.1 Å². The lowest BCUT2D eigenvalue weighted by atomic mass is 9.44. The zero-order chi connectivity index (χ0) is 26.1. The van der Waals surface area contributed by atoms with E-state index in [4.69, 9.17) is 18.9 Å². The van der Waals surface area contributed by atoms with Gasteiger partial charge in [0.2, 0.25) is 0 Å². The van der Waals surface area contributed by atoms with Gasteiger partial charge in [-0.25, -0.2) is 0 Å². The first kappa shape index (κ1) is 23.7. The molecular weight excluding hydrogens is 496 g/mol. The summed E-state index contributed by atoms with van der Waals surface area (Å²) in [5.41, 5.74) is 4.15. The fraction of sp³-hybridized carbons (Fsp3) is 0.722. The Bertz CT molecular complexity index is 1280. The molecule has 12 rings (SSSR count). The molecule has 8 aliphatic carbocycles. The number of fused-ring (bicyclic) bond motifs is 1. The second-order valence-electron chi connectivity index (χ2n) is 15.9. The molecule has 4 nitrogen and oxygen atoms in total. The topological polar surface area (TPSA) is 43.5 Å². The van der Waals surface area contributed by atoms with Crippen LogP contribution in [0.1, 0.15) is 88.2 Å². The van der Waals surface area contributed by atoms with Gasteiger partial charge in [-0.05, 0) is 152 Å². The molecule has 0 radical (unpaired) electrons. The molecule has 10 aliphatic rings. The van der Waals surface area contributed by atoms with Crippen LogP contribution in [0.25, 0.3) is 10.8 Å². The Labute approximate surface area is 238 Å². The molecule has 2 heterocycles. The molecule has 2 saturated heterocycles. The van der Waals surface area contributed by atoms with E-state index >= 15 is 0 Å². The van der Waals surface area contributed by atoms with Crippen molar-refractivity contribution >= 4 is 10.8 Å². The van der Waals surface area contributed by atoms with Crippen LogP contribution < -0.4 is 9.47 Å². The van der Waals surface area contributed by atoms with Crippen molar-refractivity contribution in [2.45, 2.75) is 100 Å². The number of epoxide rings is 2. The lowest BCUT2D eigenvalue weighted by molar-refractivity contribution is -0.0169. The lowest BCUT2D eigenvalue weighted by Gasteiger charge is -2.61. The molecule has 40 heavy (non-hydrogen) atoms. The Morgan fingerprint density at radius 2 is 1.10 bits per heavy atom. The molecule has 0 spiro atoms. The molecular formula is C36H44O4. The number of benzene rings is 2. The summed E-state index contributed by atoms with van der Waals surface area (Å²) in [4.78, 5) is 0. The van der Waals surface area contributed by atoms with Crippen molar-refractivity contribution in [3.63, 3.8) is 0 Å². The number of hydrogen-bond acceptors (Lipinski definition) is 4. The molecule has 0 amide bonds. The molecule has 212 valence electrons. The van der Waals surface area contributed by atoms with E-state index in [1.165, 1.54) is 87.8 Å². The second-order valence-corrected chi connectivity index (χ2v) is 15.9. The summed E-state index contributed by atoms with van der Waals surface area (Å²) in [6, 6.07) is 9.49. The number of hydrogen-bond donors (Lipinski definition) is 0. The van der Waals surface area contributed by atoms with Gasteiger partial charge in [0.05, 0.1) is 18.6 Å². The molecule has 10 fully saturated rings. The Balaban J connectivity index is 1.21. The zero-order valence-electron chi connectivity index (χ0n) is 23.9. The average molecular weight is 541 g/mol. The predicted octanol–water partition coefficient (Wildman–Crippen LogP) is 7.33. The van der Waals surface area contributed by atoms with Crippen LogP contribution in [0.15, 0.2) is 24.3 Å². The highest BCUT2D eigenvalue weighted by atomic mass is 16.6. The van der Waals surface area contributed by atoms with E-state index in [9.17, 15) is 0 Å². The quantitative estimate of drug-likeness (QED) is 0.329. The van der Waals surface area contributed by atoms with E-state index < -0.39 is 0 Å². The minimum absolute atomic E-state index is 0.244. The summed E-state index contributed by atoms with van der Waals surface area (Å²) in [6.07, 6.45) is 17.9. The second kappa shape index (κ2) is 8.40. The Kier molecular flexibility index (Phi) is 4.99. The first-order valence-electron chi connectivity index (χ1n) is 16.7. The first-order chi connectivity index (χ1) is 19.6. The van der Waals surface area contributed by atoms with Gasteiger partial charge in [0, 0.05) is 0 Å². The lowest BCUT2D eigenvalue weighted by Crippen LogP contribution is -2.52. The van der Waals surface area contributed by atoms with Gasteiger partial charge in [-0.3, -0.25) is 0 Å². The van der Waals surface area contributed by atoms with Crippen LogP contribution in [-0.4, -0.2) is 38.6 Å². The standard InChI is InChI=1S/C36H44O4/c1-2-29-33(31(3-1)39-19-27-17-37-27)32(40-20-28-18-38-28)10-30(35-11-21-4-22(12-35)6-23(5-21)13-35)34(29)36-14-24-7-25(15-36)9-26(8-24)16-36/h1-3,10,21-28H,4-9,11-20H2. The van der Waals surface area contributed by atoms with Gasteiger partial charge in [-0.1, -0.05) is 12.1 Å². The molecule has 2 atom stereocenters. The highest BCUT2D eigenvalue weighted by molar-refractivity contribution is 5.98. The van der Waals surface area contributed by atoms with Crippen LogP contribution in [0.3, 0.4) is 0 Å². The van der Waals surface area contributed by atoms with Crippen molar-refractivity contribution < 1.29 is 18.9 Å². The van der Waals surface area contributed by atoms with E-state index in [0.29, 0.717) is 24.0 Å². The highest BCUT2D eigenvalue weighted by Gasteiger charge is 2.57. The van der Waals surface area contributed by atoms with Crippen LogP contribution in [0.5, 0.6) is 11.5 Å². The van der Waals surface area contributed by atoms with Crippen molar-refractivity contribution in [1.82, 2.24) is 0 Å². The minimum atomic E-state index is 0.244. The van der Waals surface area contributed by atoms with Gasteiger partial charge in [-0.2, -0.15) is 0 Å². The maximum absolute atomic E-state index is 6.75. The van der Waals surface area contributed by atoms with Crippen molar-refractivity contribution in [2.24, 2.45) is 35.5 Å². The summed E-state index contributed by atoms with van der Waals surface area (Å²) in [5.74, 6) is 7.63. The fourth-order valence-corrected chi connectivity index (χ4v) is 12.2. The molecule has 2 aliphatic heterocycles. The van der Waals surface area contributed by atoms with Gasteiger partial charge < -0.3 is 18.9 Å². The molecule has 8 bridgehead atoms. The summed E-state index contributed by atoms with van der Waals surface area (Å²) in [5, 5.41) is 2.68. The molecule has 2 aromatic rings. The molecule has 4 heteroatoms. The molecule has 0 N–H and O–H groups in total. The maximum atomic E-state index is 6.75. The van der Waals surface area contributed by atoms with Crippen LogP contribution in [0, 0.1) is 35.5 Å². The minimum Gasteiger partial charge on any atom is -0.490 e. The Morgan fingerprint density at radius 1 is 0.625 bits per heavy atom. The van der Waals surface area contributed by atoms with E-state index in [-0.39, 0.29) is 12.2 Å². The number of ether oxygens (including phenoxy) is 4.